The maximum absolute atomic E-state index is 13.6. The van der Waals surface area contributed by atoms with Crippen molar-refractivity contribution < 1.29 is 19.1 Å². The number of carbonyl (C=O) groups is 2. The maximum Gasteiger partial charge on any atom is 0.408 e. The smallest absolute Gasteiger partial charge is 0.408 e. The summed E-state index contributed by atoms with van der Waals surface area (Å²) in [6.45, 7) is 4.17. The lowest BCUT2D eigenvalue weighted by molar-refractivity contribution is -0.129. The molecule has 0 saturated heterocycles. The molecule has 2 aliphatic rings. The number of pyridine rings is 2. The number of aromatic nitrogens is 2. The molecule has 0 bridgehead atoms. The number of hydrogen-bond acceptors (Lipinski definition) is 6. The molecule has 1 aliphatic heterocycles. The van der Waals surface area contributed by atoms with Crippen LogP contribution in [0, 0.1) is 0 Å². The molecule has 3 heterocycles. The Balaban J connectivity index is 1.62. The number of amides is 1. The van der Waals surface area contributed by atoms with E-state index in [1.807, 2.05) is 43.3 Å². The number of carbonyl (C=O) groups excluding carboxylic acids is 2. The van der Waals surface area contributed by atoms with E-state index in [0.29, 0.717) is 36.3 Å². The molecule has 2 aromatic heterocycles. The summed E-state index contributed by atoms with van der Waals surface area (Å²) in [7, 11) is 0. The first-order valence-electron chi connectivity index (χ1n) is 11.6. The van der Waals surface area contributed by atoms with E-state index in [2.05, 4.69) is 5.32 Å². The molecular formula is C26H27N3O5. The average molecular weight is 462 g/mol. The van der Waals surface area contributed by atoms with Gasteiger partial charge in [0.1, 0.15) is 12.2 Å². The fourth-order valence-corrected chi connectivity index (χ4v) is 4.71. The standard InChI is InChI=1S/C26H27N3O5/c1-3-26(2,34-25(32)27-18-8-6-9-18)20-12-22-23-17(11-16-7-4-5-10-21(16)28-23)13-29(22)24(31)19(20)14-33-15-30/h4-5,7,10-12,15,18H,3,6,8-9,13-14H2,1-2H3,(H,27,32)/t26-/m0/s1. The number of para-hydroxylation sites is 1. The van der Waals surface area contributed by atoms with Gasteiger partial charge in [-0.15, -0.1) is 0 Å². The van der Waals surface area contributed by atoms with Crippen molar-refractivity contribution in [2.24, 2.45) is 0 Å². The number of alkyl carbamates (subject to hydrolysis) is 1. The molecule has 1 N–H and O–H groups in total. The molecule has 176 valence electrons. The molecule has 34 heavy (non-hydrogen) atoms. The first-order valence-corrected chi connectivity index (χ1v) is 11.6. The Morgan fingerprint density at radius 1 is 1.29 bits per heavy atom. The molecule has 1 aromatic carbocycles. The van der Waals surface area contributed by atoms with Crippen LogP contribution in [0.5, 0.6) is 0 Å². The highest BCUT2D eigenvalue weighted by molar-refractivity contribution is 5.84. The molecule has 0 spiro atoms. The third-order valence-electron chi connectivity index (χ3n) is 7.06. The molecule has 1 fully saturated rings. The Morgan fingerprint density at radius 3 is 2.79 bits per heavy atom. The summed E-state index contributed by atoms with van der Waals surface area (Å²) in [5.74, 6) is 0. The van der Waals surface area contributed by atoms with E-state index in [1.165, 1.54) is 0 Å². The normalized spacial score (nSPS) is 16.2. The van der Waals surface area contributed by atoms with Crippen molar-refractivity contribution in [1.82, 2.24) is 14.9 Å². The second-order valence-corrected chi connectivity index (χ2v) is 9.16. The van der Waals surface area contributed by atoms with Crippen LogP contribution in [-0.2, 0) is 33.0 Å². The fourth-order valence-electron chi connectivity index (χ4n) is 4.71. The molecule has 1 atom stereocenters. The fraction of sp³-hybridized carbons (Fsp3) is 0.385. The third-order valence-corrected chi connectivity index (χ3v) is 7.06. The molecule has 1 amide bonds. The Labute approximate surface area is 196 Å². The number of nitrogens with one attached hydrogen (secondary N) is 1. The predicted molar refractivity (Wildman–Crippen MR) is 126 cm³/mol. The van der Waals surface area contributed by atoms with E-state index in [4.69, 9.17) is 14.5 Å². The largest absolute Gasteiger partial charge is 0.463 e. The van der Waals surface area contributed by atoms with Crippen LogP contribution in [0.25, 0.3) is 22.3 Å². The van der Waals surface area contributed by atoms with Crippen LogP contribution in [0.4, 0.5) is 4.79 Å². The summed E-state index contributed by atoms with van der Waals surface area (Å²) >= 11 is 0. The highest BCUT2D eigenvalue weighted by atomic mass is 16.6. The number of nitrogens with zero attached hydrogens (tertiary/aromatic N) is 2. The molecule has 0 unspecified atom stereocenters. The minimum atomic E-state index is -1.09. The van der Waals surface area contributed by atoms with Gasteiger partial charge >= 0.3 is 6.09 Å². The van der Waals surface area contributed by atoms with Crippen LogP contribution in [0.1, 0.15) is 56.2 Å². The minimum absolute atomic E-state index is 0.126. The zero-order valence-corrected chi connectivity index (χ0v) is 19.3. The van der Waals surface area contributed by atoms with E-state index < -0.39 is 11.7 Å². The van der Waals surface area contributed by atoms with Crippen molar-refractivity contribution >= 4 is 23.5 Å². The van der Waals surface area contributed by atoms with Gasteiger partial charge < -0.3 is 19.4 Å². The molecule has 3 aromatic rings. The summed E-state index contributed by atoms with van der Waals surface area (Å²) in [5, 5.41) is 3.90. The van der Waals surface area contributed by atoms with Crippen LogP contribution in [0.3, 0.4) is 0 Å². The summed E-state index contributed by atoms with van der Waals surface area (Å²) in [6.07, 6.45) is 2.88. The first kappa shape index (κ1) is 22.1. The summed E-state index contributed by atoms with van der Waals surface area (Å²) in [4.78, 5) is 42.1. The molecule has 8 heteroatoms. The highest BCUT2D eigenvalue weighted by Crippen LogP contribution is 2.38. The minimum Gasteiger partial charge on any atom is -0.463 e. The number of benzene rings is 1. The van der Waals surface area contributed by atoms with Gasteiger partial charge in [0, 0.05) is 22.6 Å². The topological polar surface area (TPSA) is 99.5 Å². The zero-order valence-electron chi connectivity index (χ0n) is 19.3. The molecule has 5 rings (SSSR count). The van der Waals surface area contributed by atoms with Crippen molar-refractivity contribution in [3.05, 3.63) is 63.4 Å². The van der Waals surface area contributed by atoms with Crippen molar-refractivity contribution in [2.45, 2.75) is 64.3 Å². The third kappa shape index (κ3) is 3.73. The van der Waals surface area contributed by atoms with Gasteiger partial charge in [-0.1, -0.05) is 25.1 Å². The predicted octanol–water partition coefficient (Wildman–Crippen LogP) is 4.00. The number of rotatable bonds is 7. The highest BCUT2D eigenvalue weighted by Gasteiger charge is 2.37. The molecule has 1 aliphatic carbocycles. The van der Waals surface area contributed by atoms with Crippen LogP contribution in [0.2, 0.25) is 0 Å². The second-order valence-electron chi connectivity index (χ2n) is 9.16. The SMILES string of the molecule is CC[C@](C)(OC(=O)NC1CCC1)c1cc2n(c(=O)c1COC=O)Cc1cc3ccccc3nc1-2. The summed E-state index contributed by atoms with van der Waals surface area (Å²) < 4.78 is 12.6. The molecule has 0 radical (unpaired) electrons. The number of hydrogen-bond donors (Lipinski definition) is 1. The van der Waals surface area contributed by atoms with Crippen LogP contribution < -0.4 is 10.9 Å². The van der Waals surface area contributed by atoms with Crippen molar-refractivity contribution in [3.63, 3.8) is 0 Å². The van der Waals surface area contributed by atoms with Crippen LogP contribution in [0.15, 0.2) is 41.2 Å². The van der Waals surface area contributed by atoms with E-state index in [0.717, 1.165) is 41.4 Å². The van der Waals surface area contributed by atoms with Gasteiger partial charge in [-0.2, -0.15) is 0 Å². The van der Waals surface area contributed by atoms with E-state index >= 15 is 0 Å². The Morgan fingerprint density at radius 2 is 2.09 bits per heavy atom. The quantitative estimate of drug-likeness (QED) is 0.418. The van der Waals surface area contributed by atoms with Gasteiger partial charge in [-0.3, -0.25) is 9.59 Å². The van der Waals surface area contributed by atoms with Gasteiger partial charge in [0.2, 0.25) is 0 Å². The monoisotopic (exact) mass is 461 g/mol. The van der Waals surface area contributed by atoms with Crippen molar-refractivity contribution in [3.8, 4) is 11.4 Å². The molecular weight excluding hydrogens is 434 g/mol. The van der Waals surface area contributed by atoms with Gasteiger partial charge in [0.15, 0.2) is 0 Å². The average Bonchev–Trinajstić information content (AvgIpc) is 3.17. The first-order chi connectivity index (χ1) is 16.4. The van der Waals surface area contributed by atoms with Gasteiger partial charge in [-0.25, -0.2) is 9.78 Å². The zero-order chi connectivity index (χ0) is 23.9. The van der Waals surface area contributed by atoms with E-state index in [9.17, 15) is 14.4 Å². The van der Waals surface area contributed by atoms with E-state index in [1.54, 1.807) is 11.5 Å². The maximum atomic E-state index is 13.6. The second kappa shape index (κ2) is 8.59. The summed E-state index contributed by atoms with van der Waals surface area (Å²) in [5.41, 5.74) is 2.64. The number of fused-ring (bicyclic) bond motifs is 4. The lowest BCUT2D eigenvalue weighted by Crippen LogP contribution is -2.44. The number of ether oxygens (including phenoxy) is 2. The lowest BCUT2D eigenvalue weighted by Gasteiger charge is -2.33. The Kier molecular flexibility index (Phi) is 5.59. The van der Waals surface area contributed by atoms with Gasteiger partial charge in [-0.05, 0) is 50.8 Å². The molecule has 8 nitrogen and oxygen atoms in total. The van der Waals surface area contributed by atoms with Gasteiger partial charge in [0.05, 0.1) is 29.0 Å². The Bertz CT molecular complexity index is 1340. The molecule has 1 saturated carbocycles. The van der Waals surface area contributed by atoms with Crippen LogP contribution in [-0.4, -0.2) is 28.2 Å². The Hall–Kier alpha value is -3.68. The van der Waals surface area contributed by atoms with E-state index in [-0.39, 0.29) is 18.2 Å². The summed E-state index contributed by atoms with van der Waals surface area (Å²) in [6, 6.07) is 11.8. The van der Waals surface area contributed by atoms with Gasteiger partial charge in [0.25, 0.3) is 12.0 Å². The van der Waals surface area contributed by atoms with Crippen molar-refractivity contribution in [1.29, 1.82) is 0 Å². The van der Waals surface area contributed by atoms with Crippen molar-refractivity contribution in [2.75, 3.05) is 0 Å². The van der Waals surface area contributed by atoms with Crippen LogP contribution >= 0.6 is 0 Å². The lowest BCUT2D eigenvalue weighted by atomic mass is 9.89.